The van der Waals surface area contributed by atoms with Gasteiger partial charge in [-0.2, -0.15) is 4.31 Å². The number of hydrogen-bond donors (Lipinski definition) is 1. The number of fused-ring (bicyclic) bond motifs is 1. The first kappa shape index (κ1) is 27.9. The number of thiazole rings is 1. The minimum Gasteiger partial charge on any atom is -0.391 e. The molecule has 0 spiro atoms. The third-order valence-corrected chi connectivity index (χ3v) is 11.3. The number of piperazine rings is 2. The lowest BCUT2D eigenvalue weighted by Gasteiger charge is -2.34. The molecule has 2 amide bonds. The number of carbonyl (C=O) groups is 2. The van der Waals surface area contributed by atoms with Gasteiger partial charge < -0.3 is 14.6 Å². The predicted molar refractivity (Wildman–Crippen MR) is 147 cm³/mol. The molecule has 0 saturated carbocycles. The lowest BCUT2D eigenvalue weighted by Crippen LogP contribution is -2.57. The first-order valence-corrected chi connectivity index (χ1v) is 15.6. The van der Waals surface area contributed by atoms with Crippen LogP contribution in [-0.4, -0.2) is 105 Å². The van der Waals surface area contributed by atoms with Crippen molar-refractivity contribution in [2.45, 2.75) is 42.3 Å². The Morgan fingerprint density at radius 3 is 2.59 bits per heavy atom. The van der Waals surface area contributed by atoms with Crippen molar-refractivity contribution in [1.82, 2.24) is 28.6 Å². The number of amides is 2. The van der Waals surface area contributed by atoms with Crippen molar-refractivity contribution >= 4 is 38.3 Å². The third kappa shape index (κ3) is 5.28. The van der Waals surface area contributed by atoms with Crippen LogP contribution in [0.2, 0.25) is 0 Å². The van der Waals surface area contributed by atoms with Crippen LogP contribution >= 0.6 is 11.3 Å². The number of benzene rings is 1. The molecule has 41 heavy (non-hydrogen) atoms. The van der Waals surface area contributed by atoms with E-state index in [1.807, 2.05) is 11.5 Å². The van der Waals surface area contributed by atoms with Crippen LogP contribution in [0.4, 0.5) is 9.52 Å². The standard InChI is InChI=1S/C26H30FN7O5S2/c1-17(18-2-4-19(27)5-3-18)34-16-28-11-20(34)13-30-6-8-31(9-7-30)41(38,39)24-12-29-26(40-24)33-15-23(36)32-14-21(35)10-22(32)25(33)37/h2-5,11-12,16-17,21-22,35H,6-10,13-15H2,1H3/t17-,21-,22+/m1/s1. The number of aromatic nitrogens is 3. The minimum absolute atomic E-state index is 0.0151. The number of rotatable bonds is 7. The van der Waals surface area contributed by atoms with E-state index in [1.54, 1.807) is 24.7 Å². The Labute approximate surface area is 240 Å². The number of halogens is 1. The average molecular weight is 604 g/mol. The Bertz CT molecular complexity index is 1550. The van der Waals surface area contributed by atoms with Gasteiger partial charge in [-0.05, 0) is 24.6 Å². The molecule has 0 aliphatic carbocycles. The molecule has 3 fully saturated rings. The summed E-state index contributed by atoms with van der Waals surface area (Å²) in [6, 6.07) is 5.59. The zero-order valence-electron chi connectivity index (χ0n) is 22.3. The Morgan fingerprint density at radius 1 is 1.12 bits per heavy atom. The van der Waals surface area contributed by atoms with E-state index in [0.717, 1.165) is 22.6 Å². The third-order valence-electron chi connectivity index (χ3n) is 7.97. The van der Waals surface area contributed by atoms with Gasteiger partial charge in [-0.15, -0.1) is 0 Å². The topological polar surface area (TPSA) is 132 Å². The van der Waals surface area contributed by atoms with Crippen molar-refractivity contribution in [3.05, 3.63) is 60.1 Å². The molecular formula is C26H30FN7O5S2. The van der Waals surface area contributed by atoms with E-state index in [4.69, 9.17) is 0 Å². The van der Waals surface area contributed by atoms with Crippen LogP contribution in [0.25, 0.3) is 0 Å². The van der Waals surface area contributed by atoms with E-state index in [-0.39, 0.29) is 65.6 Å². The molecule has 12 nitrogen and oxygen atoms in total. The monoisotopic (exact) mass is 603 g/mol. The molecular weight excluding hydrogens is 573 g/mol. The molecule has 1 aromatic carbocycles. The molecule has 3 saturated heterocycles. The lowest BCUT2D eigenvalue weighted by atomic mass is 10.1. The maximum absolute atomic E-state index is 13.4. The van der Waals surface area contributed by atoms with Crippen LogP contribution in [0.1, 0.15) is 30.6 Å². The Balaban J connectivity index is 1.09. The zero-order valence-corrected chi connectivity index (χ0v) is 24.0. The second-order valence-electron chi connectivity index (χ2n) is 10.5. The number of sulfonamides is 1. The van der Waals surface area contributed by atoms with Gasteiger partial charge in [-0.25, -0.2) is 22.8 Å². The molecule has 6 rings (SSSR count). The highest BCUT2D eigenvalue weighted by Crippen LogP contribution is 2.33. The quantitative estimate of drug-likeness (QED) is 0.422. The molecule has 0 radical (unpaired) electrons. The summed E-state index contributed by atoms with van der Waals surface area (Å²) in [5.74, 6) is -0.943. The zero-order chi connectivity index (χ0) is 28.9. The second-order valence-corrected chi connectivity index (χ2v) is 13.7. The van der Waals surface area contributed by atoms with E-state index in [9.17, 15) is 27.5 Å². The number of anilines is 1. The maximum Gasteiger partial charge on any atom is 0.254 e. The molecule has 3 atom stereocenters. The molecule has 3 aliphatic rings. The summed E-state index contributed by atoms with van der Waals surface area (Å²) in [6.07, 6.45) is 4.19. The fraction of sp³-hybridized carbons (Fsp3) is 0.462. The van der Waals surface area contributed by atoms with Crippen LogP contribution in [-0.2, 0) is 26.2 Å². The number of imidazole rings is 1. The maximum atomic E-state index is 13.4. The number of carbonyl (C=O) groups excluding carboxylic acids is 2. The average Bonchev–Trinajstić information content (AvgIpc) is 3.71. The summed E-state index contributed by atoms with van der Waals surface area (Å²) in [5.41, 5.74) is 1.93. The fourth-order valence-electron chi connectivity index (χ4n) is 5.65. The summed E-state index contributed by atoms with van der Waals surface area (Å²) >= 11 is 0.872. The summed E-state index contributed by atoms with van der Waals surface area (Å²) in [5, 5.41) is 10.1. The molecule has 3 aliphatic heterocycles. The van der Waals surface area contributed by atoms with Gasteiger partial charge in [0, 0.05) is 51.9 Å². The molecule has 218 valence electrons. The van der Waals surface area contributed by atoms with E-state index in [2.05, 4.69) is 14.9 Å². The predicted octanol–water partition coefficient (Wildman–Crippen LogP) is 0.903. The largest absolute Gasteiger partial charge is 0.391 e. The van der Waals surface area contributed by atoms with Gasteiger partial charge in [0.2, 0.25) is 5.91 Å². The van der Waals surface area contributed by atoms with Crippen LogP contribution < -0.4 is 4.90 Å². The number of aliphatic hydroxyl groups is 1. The Hall–Kier alpha value is -3.24. The SMILES string of the molecule is C[C@H](c1ccc(F)cc1)n1cncc1CN1CCN(S(=O)(=O)c2cnc(N3CC(=O)N4C[C@H](O)C[C@H]4C3=O)s2)CC1. The number of nitrogens with zero attached hydrogens (tertiary/aromatic N) is 7. The molecule has 2 aromatic heterocycles. The second kappa shape index (κ2) is 10.9. The van der Waals surface area contributed by atoms with Gasteiger partial charge >= 0.3 is 0 Å². The normalized spacial score (nSPS) is 23.3. The van der Waals surface area contributed by atoms with Crippen molar-refractivity contribution in [3.63, 3.8) is 0 Å². The first-order valence-electron chi connectivity index (χ1n) is 13.3. The highest BCUT2D eigenvalue weighted by Gasteiger charge is 2.46. The van der Waals surface area contributed by atoms with Crippen LogP contribution in [0.3, 0.4) is 0 Å². The minimum atomic E-state index is -3.84. The number of aliphatic hydroxyl groups excluding tert-OH is 1. The fourth-order valence-corrected chi connectivity index (χ4v) is 8.35. The highest BCUT2D eigenvalue weighted by molar-refractivity contribution is 7.91. The van der Waals surface area contributed by atoms with Crippen LogP contribution in [0.15, 0.2) is 47.2 Å². The van der Waals surface area contributed by atoms with Crippen LogP contribution in [0.5, 0.6) is 0 Å². The number of hydrogen-bond acceptors (Lipinski definition) is 9. The molecule has 3 aromatic rings. The van der Waals surface area contributed by atoms with Gasteiger partial charge in [0.25, 0.3) is 15.9 Å². The smallest absolute Gasteiger partial charge is 0.254 e. The van der Waals surface area contributed by atoms with Crippen molar-refractivity contribution in [2.24, 2.45) is 0 Å². The molecule has 1 N–H and O–H groups in total. The van der Waals surface area contributed by atoms with Gasteiger partial charge in [-0.3, -0.25) is 19.4 Å². The first-order chi connectivity index (χ1) is 19.6. The Morgan fingerprint density at radius 2 is 1.85 bits per heavy atom. The summed E-state index contributed by atoms with van der Waals surface area (Å²) in [6.45, 7) is 4.10. The van der Waals surface area contributed by atoms with Crippen molar-refractivity contribution in [2.75, 3.05) is 44.2 Å². The lowest BCUT2D eigenvalue weighted by molar-refractivity contribution is -0.140. The van der Waals surface area contributed by atoms with Gasteiger partial charge in [0.1, 0.15) is 18.4 Å². The summed E-state index contributed by atoms with van der Waals surface area (Å²) in [7, 11) is -3.84. The highest BCUT2D eigenvalue weighted by atomic mass is 32.2. The van der Waals surface area contributed by atoms with E-state index in [1.165, 1.54) is 32.4 Å². The molecule has 15 heteroatoms. The van der Waals surface area contributed by atoms with Crippen molar-refractivity contribution < 1.29 is 27.5 Å². The molecule has 0 unspecified atom stereocenters. The van der Waals surface area contributed by atoms with Crippen molar-refractivity contribution in [3.8, 4) is 0 Å². The van der Waals surface area contributed by atoms with Crippen molar-refractivity contribution in [1.29, 1.82) is 0 Å². The summed E-state index contributed by atoms with van der Waals surface area (Å²) < 4.78 is 43.7. The molecule has 0 bridgehead atoms. The molecule has 5 heterocycles. The van der Waals surface area contributed by atoms with E-state index < -0.39 is 22.2 Å². The summed E-state index contributed by atoms with van der Waals surface area (Å²) in [4.78, 5) is 38.8. The Kier molecular flexibility index (Phi) is 7.40. The van der Waals surface area contributed by atoms with Gasteiger partial charge in [0.05, 0.1) is 30.4 Å². The van der Waals surface area contributed by atoms with E-state index in [0.29, 0.717) is 19.6 Å². The van der Waals surface area contributed by atoms with Gasteiger partial charge in [-0.1, -0.05) is 23.5 Å². The van der Waals surface area contributed by atoms with Crippen LogP contribution in [0, 0.1) is 5.82 Å². The van der Waals surface area contributed by atoms with Gasteiger partial charge in [0.15, 0.2) is 9.34 Å². The van der Waals surface area contributed by atoms with E-state index >= 15 is 0 Å².